The Morgan fingerprint density at radius 1 is 0.821 bits per heavy atom. The maximum absolute atomic E-state index is 13.7. The summed E-state index contributed by atoms with van der Waals surface area (Å²) in [5, 5.41) is 22.0. The van der Waals surface area contributed by atoms with Crippen LogP contribution in [0.3, 0.4) is 0 Å². The molecular weight excluding hydrogens is 375 g/mol. The van der Waals surface area contributed by atoms with Crippen molar-refractivity contribution < 1.29 is 23.8 Å². The third-order valence-electron chi connectivity index (χ3n) is 4.27. The molecule has 2 N–H and O–H groups in total. The van der Waals surface area contributed by atoms with Gasteiger partial charge in [-0.2, -0.15) is 0 Å². The van der Waals surface area contributed by atoms with E-state index in [-0.39, 0.29) is 35.6 Å². The topological polar surface area (TPSA) is 76.0 Å². The molecule has 0 aliphatic heterocycles. The van der Waals surface area contributed by atoms with Crippen molar-refractivity contribution in [2.45, 2.75) is 13.8 Å². The summed E-state index contributed by atoms with van der Waals surface area (Å²) < 4.78 is 24.7. The third kappa shape index (κ3) is 3.83. The highest BCUT2D eigenvalue weighted by Crippen LogP contribution is 2.55. The summed E-state index contributed by atoms with van der Waals surface area (Å²) in [7, 11) is -3.90. The maximum atomic E-state index is 13.7. The van der Waals surface area contributed by atoms with E-state index in [1.807, 2.05) is 24.3 Å². The van der Waals surface area contributed by atoms with E-state index in [1.165, 1.54) is 6.07 Å². The van der Waals surface area contributed by atoms with Crippen molar-refractivity contribution in [2.75, 3.05) is 13.2 Å². The quantitative estimate of drug-likeness (QED) is 0.416. The lowest BCUT2D eigenvalue weighted by Crippen LogP contribution is -2.15. The van der Waals surface area contributed by atoms with Crippen molar-refractivity contribution >= 4 is 12.9 Å². The Balaban J connectivity index is 2.38. The standard InChI is InChI=1S/C22H23O5P/c1-3-26-28(25,27-4-2)22-20(17-13-9-6-10-14-17)19(23)15-18(21(22)24)16-11-7-5-8-12-16/h5-15,23-24H,3-4H2,1-2H3. The van der Waals surface area contributed by atoms with E-state index in [9.17, 15) is 14.8 Å². The van der Waals surface area contributed by atoms with Crippen LogP contribution in [0.2, 0.25) is 0 Å². The highest BCUT2D eigenvalue weighted by molar-refractivity contribution is 7.62. The molecule has 0 saturated carbocycles. The van der Waals surface area contributed by atoms with Crippen LogP contribution in [-0.4, -0.2) is 23.4 Å². The molecule has 0 atom stereocenters. The molecule has 0 saturated heterocycles. The van der Waals surface area contributed by atoms with Crippen LogP contribution >= 0.6 is 7.60 Å². The molecule has 0 bridgehead atoms. The van der Waals surface area contributed by atoms with Gasteiger partial charge in [0, 0.05) is 11.1 Å². The molecule has 146 valence electrons. The van der Waals surface area contributed by atoms with Crippen molar-refractivity contribution in [1.82, 2.24) is 0 Å². The molecule has 0 unspecified atom stereocenters. The number of phenols is 2. The van der Waals surface area contributed by atoms with Crippen LogP contribution < -0.4 is 5.30 Å². The summed E-state index contributed by atoms with van der Waals surface area (Å²) in [4.78, 5) is 0. The average Bonchev–Trinajstić information content (AvgIpc) is 2.70. The molecule has 0 aromatic heterocycles. The molecule has 3 aromatic carbocycles. The zero-order valence-corrected chi connectivity index (χ0v) is 16.7. The van der Waals surface area contributed by atoms with E-state index in [0.29, 0.717) is 16.7 Å². The highest BCUT2D eigenvalue weighted by Gasteiger charge is 2.36. The minimum absolute atomic E-state index is 0.0266. The zero-order valence-electron chi connectivity index (χ0n) is 15.8. The van der Waals surface area contributed by atoms with Gasteiger partial charge in [0.1, 0.15) is 16.8 Å². The zero-order chi connectivity index (χ0) is 20.1. The fourth-order valence-electron chi connectivity index (χ4n) is 3.14. The predicted molar refractivity (Wildman–Crippen MR) is 111 cm³/mol. The van der Waals surface area contributed by atoms with Gasteiger partial charge in [-0.25, -0.2) is 0 Å². The van der Waals surface area contributed by atoms with Gasteiger partial charge in [0.15, 0.2) is 0 Å². The van der Waals surface area contributed by atoms with Gasteiger partial charge in [-0.15, -0.1) is 0 Å². The summed E-state index contributed by atoms with van der Waals surface area (Å²) in [5.74, 6) is -0.342. The van der Waals surface area contributed by atoms with Crippen LogP contribution in [0.1, 0.15) is 13.8 Å². The molecule has 0 fully saturated rings. The van der Waals surface area contributed by atoms with Gasteiger partial charge < -0.3 is 19.3 Å². The summed E-state index contributed by atoms with van der Waals surface area (Å²) in [6.45, 7) is 3.65. The lowest BCUT2D eigenvalue weighted by atomic mass is 9.98. The van der Waals surface area contributed by atoms with Crippen LogP contribution in [-0.2, 0) is 13.6 Å². The Labute approximate surface area is 164 Å². The minimum atomic E-state index is -3.90. The van der Waals surface area contributed by atoms with Gasteiger partial charge >= 0.3 is 7.60 Å². The van der Waals surface area contributed by atoms with Crippen molar-refractivity contribution in [2.24, 2.45) is 0 Å². The minimum Gasteiger partial charge on any atom is -0.507 e. The number of phenolic OH excluding ortho intramolecular Hbond substituents is 2. The van der Waals surface area contributed by atoms with Gasteiger partial charge in [-0.1, -0.05) is 60.7 Å². The lowest BCUT2D eigenvalue weighted by Gasteiger charge is -2.23. The summed E-state index contributed by atoms with van der Waals surface area (Å²) in [6, 6.07) is 19.5. The molecule has 0 heterocycles. The molecule has 0 aliphatic carbocycles. The van der Waals surface area contributed by atoms with Gasteiger partial charge in [-0.05, 0) is 31.0 Å². The fourth-order valence-corrected chi connectivity index (χ4v) is 5.05. The van der Waals surface area contributed by atoms with E-state index in [4.69, 9.17) is 9.05 Å². The van der Waals surface area contributed by atoms with E-state index >= 15 is 0 Å². The number of rotatable bonds is 7. The van der Waals surface area contributed by atoms with Crippen LogP contribution in [0.5, 0.6) is 11.5 Å². The molecule has 0 amide bonds. The van der Waals surface area contributed by atoms with E-state index in [0.717, 1.165) is 0 Å². The van der Waals surface area contributed by atoms with Crippen LogP contribution in [0.15, 0.2) is 66.7 Å². The smallest absolute Gasteiger partial charge is 0.365 e. The first kappa shape index (κ1) is 20.2. The van der Waals surface area contributed by atoms with E-state index in [2.05, 4.69) is 0 Å². The van der Waals surface area contributed by atoms with Crippen molar-refractivity contribution in [1.29, 1.82) is 0 Å². The normalized spacial score (nSPS) is 11.5. The Hall–Kier alpha value is -2.59. The fraction of sp³-hybridized carbons (Fsp3) is 0.182. The second kappa shape index (κ2) is 8.61. The van der Waals surface area contributed by atoms with Crippen molar-refractivity contribution in [3.63, 3.8) is 0 Å². The Kier molecular flexibility index (Phi) is 6.20. The Bertz CT molecular complexity index is 977. The maximum Gasteiger partial charge on any atom is 0.365 e. The van der Waals surface area contributed by atoms with Gasteiger partial charge in [0.25, 0.3) is 0 Å². The SMILES string of the molecule is CCOP(=O)(OCC)c1c(O)c(-c2ccccc2)cc(O)c1-c1ccccc1. The number of hydrogen-bond acceptors (Lipinski definition) is 5. The molecule has 6 heteroatoms. The molecule has 3 rings (SSSR count). The first-order chi connectivity index (χ1) is 13.5. The second-order valence-corrected chi connectivity index (χ2v) is 8.04. The first-order valence-corrected chi connectivity index (χ1v) is 10.7. The molecule has 28 heavy (non-hydrogen) atoms. The number of aromatic hydroxyl groups is 2. The molecule has 0 radical (unpaired) electrons. The van der Waals surface area contributed by atoms with Gasteiger partial charge in [0.2, 0.25) is 0 Å². The van der Waals surface area contributed by atoms with Gasteiger partial charge in [0.05, 0.1) is 13.2 Å². The van der Waals surface area contributed by atoms with Crippen LogP contribution in [0.4, 0.5) is 0 Å². The number of hydrogen-bond donors (Lipinski definition) is 2. The van der Waals surface area contributed by atoms with E-state index in [1.54, 1.807) is 50.2 Å². The first-order valence-electron chi connectivity index (χ1n) is 9.11. The lowest BCUT2D eigenvalue weighted by molar-refractivity contribution is 0.229. The molecule has 5 nitrogen and oxygen atoms in total. The molecule has 0 spiro atoms. The molecule has 0 aliphatic rings. The molecule has 3 aromatic rings. The third-order valence-corrected chi connectivity index (χ3v) is 6.45. The largest absolute Gasteiger partial charge is 0.507 e. The summed E-state index contributed by atoms with van der Waals surface area (Å²) >= 11 is 0. The van der Waals surface area contributed by atoms with Crippen LogP contribution in [0.25, 0.3) is 22.3 Å². The Morgan fingerprint density at radius 2 is 1.32 bits per heavy atom. The van der Waals surface area contributed by atoms with Crippen LogP contribution in [0, 0.1) is 0 Å². The highest BCUT2D eigenvalue weighted by atomic mass is 31.2. The van der Waals surface area contributed by atoms with E-state index < -0.39 is 7.60 Å². The second-order valence-electron chi connectivity index (χ2n) is 6.08. The number of benzene rings is 3. The average molecular weight is 398 g/mol. The van der Waals surface area contributed by atoms with Gasteiger partial charge in [-0.3, -0.25) is 4.57 Å². The summed E-state index contributed by atoms with van der Waals surface area (Å²) in [5.41, 5.74) is 1.87. The summed E-state index contributed by atoms with van der Waals surface area (Å²) in [6.07, 6.45) is 0. The molecular formula is C22H23O5P. The monoisotopic (exact) mass is 398 g/mol. The van der Waals surface area contributed by atoms with Crippen molar-refractivity contribution in [3.8, 4) is 33.8 Å². The predicted octanol–water partition coefficient (Wildman–Crippen LogP) is 5.32. The Morgan fingerprint density at radius 3 is 1.82 bits per heavy atom. The van der Waals surface area contributed by atoms with Crippen molar-refractivity contribution in [3.05, 3.63) is 66.7 Å².